The number of phenols is 1. The number of carbonyl (C=O) groups excluding carboxylic acids is 1. The molecule has 0 saturated heterocycles. The van der Waals surface area contributed by atoms with Crippen LogP contribution >= 0.6 is 0 Å². The third-order valence-electron chi connectivity index (χ3n) is 2.87. The summed E-state index contributed by atoms with van der Waals surface area (Å²) in [5.74, 6) is -0.00975. The van der Waals surface area contributed by atoms with Gasteiger partial charge >= 0.3 is 0 Å². The number of ether oxygens (including phenoxy) is 1. The Hall–Kier alpha value is -1.59. The van der Waals surface area contributed by atoms with E-state index in [1.807, 2.05) is 0 Å². The summed E-state index contributed by atoms with van der Waals surface area (Å²) in [6, 6.07) is 2.90. The van der Waals surface area contributed by atoms with E-state index in [0.29, 0.717) is 6.29 Å². The molecule has 2 rings (SSSR count). The van der Waals surface area contributed by atoms with Gasteiger partial charge in [0.25, 0.3) is 0 Å². The van der Waals surface area contributed by atoms with E-state index < -0.39 is 17.8 Å². The van der Waals surface area contributed by atoms with Crippen LogP contribution in [0.2, 0.25) is 0 Å². The van der Waals surface area contributed by atoms with Crippen LogP contribution in [0, 0.1) is 0 Å². The van der Waals surface area contributed by atoms with Crippen LogP contribution in [0.1, 0.15) is 35.9 Å². The van der Waals surface area contributed by atoms with Crippen LogP contribution in [0.4, 0.5) is 0 Å². The van der Waals surface area contributed by atoms with E-state index in [-0.39, 0.29) is 22.6 Å². The summed E-state index contributed by atoms with van der Waals surface area (Å²) < 4.78 is 5.39. The van der Waals surface area contributed by atoms with Gasteiger partial charge in [0.15, 0.2) is 12.4 Å². The maximum Gasteiger partial charge on any atom is 0.157 e. The van der Waals surface area contributed by atoms with Crippen LogP contribution < -0.4 is 4.74 Å². The normalized spacial score (nSPS) is 23.1. The van der Waals surface area contributed by atoms with Crippen molar-refractivity contribution >= 4 is 6.29 Å². The molecule has 0 amide bonds. The monoisotopic (exact) mass is 238 g/mol. The summed E-state index contributed by atoms with van der Waals surface area (Å²) in [4.78, 5) is 10.7. The third-order valence-corrected chi connectivity index (χ3v) is 2.87. The molecule has 0 unspecified atom stereocenters. The molecule has 1 heterocycles. The first kappa shape index (κ1) is 11.9. The first-order valence-electron chi connectivity index (χ1n) is 5.24. The zero-order chi connectivity index (χ0) is 12.8. The molecule has 0 radical (unpaired) electrons. The smallest absolute Gasteiger partial charge is 0.157 e. The van der Waals surface area contributed by atoms with Gasteiger partial charge in [-0.3, -0.25) is 4.79 Å². The summed E-state index contributed by atoms with van der Waals surface area (Å²) in [6.45, 7) is 3.01. The lowest BCUT2D eigenvalue weighted by Crippen LogP contribution is -2.41. The molecule has 0 spiro atoms. The van der Waals surface area contributed by atoms with Gasteiger partial charge in [-0.25, -0.2) is 0 Å². The fraction of sp³-hybridized carbons (Fsp3) is 0.417. The second-order valence-corrected chi connectivity index (χ2v) is 4.67. The minimum Gasteiger partial charge on any atom is -0.507 e. The third kappa shape index (κ3) is 1.77. The van der Waals surface area contributed by atoms with Crippen LogP contribution in [-0.4, -0.2) is 33.3 Å². The van der Waals surface area contributed by atoms with Crippen molar-refractivity contribution in [2.45, 2.75) is 31.7 Å². The Morgan fingerprint density at radius 3 is 2.59 bits per heavy atom. The Bertz CT molecular complexity index is 461. The lowest BCUT2D eigenvalue weighted by Gasteiger charge is -2.27. The molecule has 92 valence electrons. The largest absolute Gasteiger partial charge is 0.507 e. The number of aliphatic hydroxyl groups is 2. The Labute approximate surface area is 98.3 Å². The van der Waals surface area contributed by atoms with Crippen LogP contribution in [-0.2, 0) is 0 Å². The number of aromatic hydroxyl groups is 1. The fourth-order valence-electron chi connectivity index (χ4n) is 1.97. The van der Waals surface area contributed by atoms with Crippen molar-refractivity contribution in [2.24, 2.45) is 0 Å². The zero-order valence-electron chi connectivity index (χ0n) is 9.54. The number of fused-ring (bicyclic) bond motifs is 1. The molecule has 1 aromatic carbocycles. The van der Waals surface area contributed by atoms with Crippen molar-refractivity contribution in [3.05, 3.63) is 23.3 Å². The van der Waals surface area contributed by atoms with Gasteiger partial charge in [0.05, 0.1) is 16.7 Å². The molecule has 1 aliphatic rings. The van der Waals surface area contributed by atoms with E-state index in [9.17, 15) is 20.1 Å². The van der Waals surface area contributed by atoms with Gasteiger partial charge in [-0.1, -0.05) is 0 Å². The van der Waals surface area contributed by atoms with E-state index in [0.717, 1.165) is 0 Å². The highest BCUT2D eigenvalue weighted by Crippen LogP contribution is 2.45. The molecule has 0 bridgehead atoms. The molecular formula is C12H14O5. The second-order valence-electron chi connectivity index (χ2n) is 4.67. The summed E-state index contributed by atoms with van der Waals surface area (Å²) in [7, 11) is 0. The van der Waals surface area contributed by atoms with Gasteiger partial charge in [0.1, 0.15) is 17.6 Å². The minimum atomic E-state index is -1.26. The standard InChI is InChI=1S/C12H14O5/c1-12(2,16)11-10(15)8-7(17-11)4-3-6(5-13)9(8)14/h3-5,10-11,14-16H,1-2H3/t10-,11+/m0/s1. The van der Waals surface area contributed by atoms with Crippen LogP contribution in [0.5, 0.6) is 11.5 Å². The number of benzene rings is 1. The highest BCUT2D eigenvalue weighted by molar-refractivity contribution is 5.81. The number of carbonyl (C=O) groups is 1. The SMILES string of the molecule is CC(C)(O)[C@@H]1Oc2ccc(C=O)c(O)c2[C@@H]1O. The van der Waals surface area contributed by atoms with Crippen molar-refractivity contribution in [3.8, 4) is 11.5 Å². The van der Waals surface area contributed by atoms with Crippen molar-refractivity contribution in [3.63, 3.8) is 0 Å². The molecule has 1 aromatic rings. The average Bonchev–Trinajstić information content (AvgIpc) is 2.57. The van der Waals surface area contributed by atoms with E-state index in [1.165, 1.54) is 26.0 Å². The molecule has 1 aliphatic heterocycles. The summed E-state index contributed by atoms with van der Waals surface area (Å²) in [5.41, 5.74) is -1.02. The van der Waals surface area contributed by atoms with Gasteiger partial charge in [-0.2, -0.15) is 0 Å². The molecule has 0 aliphatic carbocycles. The second kappa shape index (κ2) is 3.72. The van der Waals surface area contributed by atoms with Gasteiger partial charge in [0, 0.05) is 0 Å². The lowest BCUT2D eigenvalue weighted by molar-refractivity contribution is -0.0764. The topological polar surface area (TPSA) is 87.0 Å². The minimum absolute atomic E-state index is 0.0859. The van der Waals surface area contributed by atoms with E-state index in [1.54, 1.807) is 0 Å². The molecule has 17 heavy (non-hydrogen) atoms. The first-order chi connectivity index (χ1) is 7.86. The molecular weight excluding hydrogens is 224 g/mol. The number of hydrogen-bond acceptors (Lipinski definition) is 5. The van der Waals surface area contributed by atoms with E-state index in [4.69, 9.17) is 4.74 Å². The predicted octanol–water partition coefficient (Wildman–Crippen LogP) is 0.770. The maximum absolute atomic E-state index is 10.7. The Kier molecular flexibility index (Phi) is 2.60. The lowest BCUT2D eigenvalue weighted by atomic mass is 9.93. The van der Waals surface area contributed by atoms with Crippen molar-refractivity contribution < 1.29 is 24.9 Å². The molecule has 0 saturated carbocycles. The highest BCUT2D eigenvalue weighted by atomic mass is 16.5. The van der Waals surface area contributed by atoms with Crippen molar-refractivity contribution in [1.82, 2.24) is 0 Å². The predicted molar refractivity (Wildman–Crippen MR) is 59.2 cm³/mol. The zero-order valence-corrected chi connectivity index (χ0v) is 9.54. The van der Waals surface area contributed by atoms with Gasteiger partial charge in [-0.15, -0.1) is 0 Å². The molecule has 0 aromatic heterocycles. The highest BCUT2D eigenvalue weighted by Gasteiger charge is 2.44. The molecule has 3 N–H and O–H groups in total. The number of aldehydes is 1. The fourth-order valence-corrected chi connectivity index (χ4v) is 1.97. The summed E-state index contributed by atoms with van der Waals surface area (Å²) in [6.07, 6.45) is -1.53. The quantitative estimate of drug-likeness (QED) is 0.662. The number of rotatable bonds is 2. The average molecular weight is 238 g/mol. The van der Waals surface area contributed by atoms with Crippen LogP contribution in [0.25, 0.3) is 0 Å². The van der Waals surface area contributed by atoms with Crippen LogP contribution in [0.3, 0.4) is 0 Å². The van der Waals surface area contributed by atoms with Gasteiger partial charge < -0.3 is 20.1 Å². The van der Waals surface area contributed by atoms with E-state index in [2.05, 4.69) is 0 Å². The molecule has 0 fully saturated rings. The van der Waals surface area contributed by atoms with E-state index >= 15 is 0 Å². The number of hydrogen-bond donors (Lipinski definition) is 3. The maximum atomic E-state index is 10.7. The Balaban J connectivity index is 2.49. The van der Waals surface area contributed by atoms with Gasteiger partial charge in [0.2, 0.25) is 0 Å². The first-order valence-corrected chi connectivity index (χ1v) is 5.24. The Morgan fingerprint density at radius 1 is 1.41 bits per heavy atom. The Morgan fingerprint density at radius 2 is 2.06 bits per heavy atom. The number of phenolic OH excluding ortho intramolecular Hbond substituents is 1. The van der Waals surface area contributed by atoms with Crippen LogP contribution in [0.15, 0.2) is 12.1 Å². The summed E-state index contributed by atoms with van der Waals surface area (Å²) >= 11 is 0. The molecule has 2 atom stereocenters. The molecule has 5 nitrogen and oxygen atoms in total. The molecule has 5 heteroatoms. The van der Waals surface area contributed by atoms with Gasteiger partial charge in [-0.05, 0) is 26.0 Å². The summed E-state index contributed by atoms with van der Waals surface area (Å²) in [5, 5.41) is 29.7. The van der Waals surface area contributed by atoms with Crippen molar-refractivity contribution in [1.29, 1.82) is 0 Å². The number of aliphatic hydroxyl groups excluding tert-OH is 1. The van der Waals surface area contributed by atoms with Crippen molar-refractivity contribution in [2.75, 3.05) is 0 Å².